The molecule has 0 radical (unpaired) electrons. The Hall–Kier alpha value is -2.81. The van der Waals surface area contributed by atoms with Gasteiger partial charge in [0, 0.05) is 5.56 Å². The minimum atomic E-state index is -1.02. The average Bonchev–Trinajstić information content (AvgIpc) is 2.66. The summed E-state index contributed by atoms with van der Waals surface area (Å²) in [5, 5.41) is 13.1. The van der Waals surface area contributed by atoms with Crippen molar-refractivity contribution in [1.82, 2.24) is 10.6 Å². The van der Waals surface area contributed by atoms with Gasteiger partial charge in [0.1, 0.15) is 0 Å². The quantitative estimate of drug-likeness (QED) is 0.476. The minimum absolute atomic E-state index is 0.160. The molecule has 1 aromatic rings. The van der Waals surface area contributed by atoms with E-state index in [1.165, 1.54) is 24.3 Å². The van der Waals surface area contributed by atoms with Gasteiger partial charge in [-0.25, -0.2) is 9.59 Å². The summed E-state index contributed by atoms with van der Waals surface area (Å²) in [6.07, 6.45) is 0. The highest BCUT2D eigenvalue weighted by atomic mass is 16.4. The van der Waals surface area contributed by atoms with E-state index in [9.17, 15) is 14.4 Å². The second-order valence-corrected chi connectivity index (χ2v) is 3.55. The highest BCUT2D eigenvalue weighted by Crippen LogP contribution is 2.03. The predicted molar refractivity (Wildman–Crippen MR) is 60.7 cm³/mol. The summed E-state index contributed by atoms with van der Waals surface area (Å²) in [6, 6.07) is 4.47. The van der Waals surface area contributed by atoms with Crippen molar-refractivity contribution in [3.63, 3.8) is 0 Å². The van der Waals surface area contributed by atoms with Crippen LogP contribution in [0.4, 0.5) is 4.79 Å². The molecule has 0 saturated carbocycles. The van der Waals surface area contributed by atoms with E-state index in [0.717, 1.165) is 0 Å². The van der Waals surface area contributed by atoms with Crippen LogP contribution >= 0.6 is 0 Å². The van der Waals surface area contributed by atoms with Gasteiger partial charge in [0.05, 0.1) is 5.56 Å². The summed E-state index contributed by atoms with van der Waals surface area (Å²) in [4.78, 5) is 32.6. The summed E-state index contributed by atoms with van der Waals surface area (Å²) >= 11 is 0. The number of urea groups is 1. The van der Waals surface area contributed by atoms with E-state index < -0.39 is 23.9 Å². The largest absolute Gasteiger partial charge is 0.478 e. The van der Waals surface area contributed by atoms with Crippen molar-refractivity contribution in [2.45, 2.75) is 6.04 Å². The Bertz CT molecular complexity index is 580. The molecule has 90 valence electrons. The fourth-order valence-corrected chi connectivity index (χ4v) is 1.37. The summed E-state index contributed by atoms with van der Waals surface area (Å²) in [5.74, 6) is 3.76. The fourth-order valence-electron chi connectivity index (χ4n) is 1.37. The Labute approximate surface area is 102 Å². The van der Waals surface area contributed by atoms with Crippen molar-refractivity contribution in [2.75, 3.05) is 0 Å². The van der Waals surface area contributed by atoms with Gasteiger partial charge in [0.15, 0.2) is 6.04 Å². The van der Waals surface area contributed by atoms with Crippen LogP contribution in [-0.2, 0) is 4.79 Å². The lowest BCUT2D eigenvalue weighted by Crippen LogP contribution is -2.26. The highest BCUT2D eigenvalue weighted by Gasteiger charge is 2.27. The number of carboxylic acid groups (broad SMARTS) is 1. The lowest BCUT2D eigenvalue weighted by atomic mass is 10.1. The number of hydrogen-bond donors (Lipinski definition) is 3. The maximum Gasteiger partial charge on any atom is 0.335 e. The standard InChI is InChI=1S/C12H8N2O4/c15-10-9(13-12(18)14-10)6-3-7-1-4-8(5-2-7)11(16)17/h1-2,4-5,9H,(H,16,17)(H2,13,14,15,18). The number of hydrogen-bond acceptors (Lipinski definition) is 3. The molecule has 1 aliphatic rings. The number of rotatable bonds is 1. The van der Waals surface area contributed by atoms with Crippen LogP contribution < -0.4 is 10.6 Å². The smallest absolute Gasteiger partial charge is 0.335 e. The topological polar surface area (TPSA) is 95.5 Å². The molecule has 1 heterocycles. The number of amides is 3. The third kappa shape index (κ3) is 2.47. The maximum absolute atomic E-state index is 11.2. The monoisotopic (exact) mass is 244 g/mol. The first-order chi connectivity index (χ1) is 8.56. The van der Waals surface area contributed by atoms with E-state index in [0.29, 0.717) is 5.56 Å². The zero-order chi connectivity index (χ0) is 13.1. The van der Waals surface area contributed by atoms with Crippen LogP contribution in [0.2, 0.25) is 0 Å². The summed E-state index contributed by atoms with van der Waals surface area (Å²) in [6.45, 7) is 0. The highest BCUT2D eigenvalue weighted by molar-refractivity contribution is 6.05. The van der Waals surface area contributed by atoms with Gasteiger partial charge >= 0.3 is 12.0 Å². The second kappa shape index (κ2) is 4.59. The average molecular weight is 244 g/mol. The Balaban J connectivity index is 2.13. The number of aromatic carboxylic acids is 1. The van der Waals surface area contributed by atoms with Crippen molar-refractivity contribution in [2.24, 2.45) is 0 Å². The molecule has 6 nitrogen and oxygen atoms in total. The summed E-state index contributed by atoms with van der Waals surface area (Å²) in [5.41, 5.74) is 0.724. The van der Waals surface area contributed by atoms with Crippen molar-refractivity contribution < 1.29 is 19.5 Å². The zero-order valence-electron chi connectivity index (χ0n) is 9.06. The van der Waals surface area contributed by atoms with Crippen LogP contribution in [0, 0.1) is 11.8 Å². The van der Waals surface area contributed by atoms with Crippen molar-refractivity contribution >= 4 is 17.9 Å². The molecule has 1 unspecified atom stereocenters. The Morgan fingerprint density at radius 2 is 1.89 bits per heavy atom. The van der Waals surface area contributed by atoms with Crippen LogP contribution in [0.5, 0.6) is 0 Å². The van der Waals surface area contributed by atoms with Gasteiger partial charge in [-0.3, -0.25) is 10.1 Å². The predicted octanol–water partition coefficient (Wildman–Crippen LogP) is -0.0557. The third-order valence-electron chi connectivity index (χ3n) is 2.27. The molecular formula is C12H8N2O4. The lowest BCUT2D eigenvalue weighted by Gasteiger charge is -1.96. The van der Waals surface area contributed by atoms with Gasteiger partial charge < -0.3 is 10.4 Å². The Morgan fingerprint density at radius 3 is 2.39 bits per heavy atom. The fraction of sp³-hybridized carbons (Fsp3) is 0.0833. The van der Waals surface area contributed by atoms with Crippen LogP contribution in [-0.4, -0.2) is 29.1 Å². The minimum Gasteiger partial charge on any atom is -0.478 e. The van der Waals surface area contributed by atoms with Crippen molar-refractivity contribution in [3.8, 4) is 11.8 Å². The van der Waals surface area contributed by atoms with Gasteiger partial charge in [-0.15, -0.1) is 0 Å². The molecule has 1 aliphatic heterocycles. The number of carbonyl (C=O) groups excluding carboxylic acids is 2. The first-order valence-corrected chi connectivity index (χ1v) is 5.02. The molecule has 0 spiro atoms. The zero-order valence-corrected chi connectivity index (χ0v) is 9.06. The molecule has 1 aromatic carbocycles. The van der Waals surface area contributed by atoms with Gasteiger partial charge in [-0.2, -0.15) is 0 Å². The first-order valence-electron chi connectivity index (χ1n) is 5.02. The molecule has 0 aromatic heterocycles. The molecule has 6 heteroatoms. The SMILES string of the molecule is O=C1NC(=O)C(C#Cc2ccc(C(=O)O)cc2)N1. The van der Waals surface area contributed by atoms with Gasteiger partial charge in [0.25, 0.3) is 5.91 Å². The van der Waals surface area contributed by atoms with Crippen molar-refractivity contribution in [3.05, 3.63) is 35.4 Å². The van der Waals surface area contributed by atoms with E-state index in [2.05, 4.69) is 22.5 Å². The number of nitrogens with one attached hydrogen (secondary N) is 2. The number of benzene rings is 1. The van der Waals surface area contributed by atoms with E-state index in [1.54, 1.807) is 0 Å². The molecule has 0 bridgehead atoms. The Kier molecular flexibility index (Phi) is 2.98. The van der Waals surface area contributed by atoms with Crippen LogP contribution in [0.1, 0.15) is 15.9 Å². The Morgan fingerprint density at radius 1 is 1.22 bits per heavy atom. The third-order valence-corrected chi connectivity index (χ3v) is 2.27. The molecule has 3 amide bonds. The second-order valence-electron chi connectivity index (χ2n) is 3.55. The molecule has 0 aliphatic carbocycles. The molecular weight excluding hydrogens is 236 g/mol. The normalized spacial score (nSPS) is 17.4. The van der Waals surface area contributed by atoms with E-state index in [-0.39, 0.29) is 5.56 Å². The summed E-state index contributed by atoms with van der Waals surface area (Å²) < 4.78 is 0. The lowest BCUT2D eigenvalue weighted by molar-refractivity contribution is -0.119. The van der Waals surface area contributed by atoms with E-state index in [4.69, 9.17) is 5.11 Å². The molecule has 1 atom stereocenters. The first kappa shape index (κ1) is 11.7. The number of carbonyl (C=O) groups is 3. The summed E-state index contributed by atoms with van der Waals surface area (Å²) in [7, 11) is 0. The number of carboxylic acids is 1. The van der Waals surface area contributed by atoms with Gasteiger partial charge in [-0.05, 0) is 24.3 Å². The molecule has 2 rings (SSSR count). The maximum atomic E-state index is 11.2. The number of imide groups is 1. The molecule has 1 saturated heterocycles. The van der Waals surface area contributed by atoms with Crippen LogP contribution in [0.15, 0.2) is 24.3 Å². The van der Waals surface area contributed by atoms with Gasteiger partial charge in [-0.1, -0.05) is 11.8 Å². The molecule has 18 heavy (non-hydrogen) atoms. The van der Waals surface area contributed by atoms with Gasteiger partial charge in [0.2, 0.25) is 0 Å². The van der Waals surface area contributed by atoms with Crippen LogP contribution in [0.25, 0.3) is 0 Å². The molecule has 1 fully saturated rings. The van der Waals surface area contributed by atoms with Crippen molar-refractivity contribution in [1.29, 1.82) is 0 Å². The van der Waals surface area contributed by atoms with Crippen LogP contribution in [0.3, 0.4) is 0 Å². The molecule has 3 N–H and O–H groups in total. The van der Waals surface area contributed by atoms with E-state index in [1.807, 2.05) is 0 Å². The van der Waals surface area contributed by atoms with E-state index >= 15 is 0 Å².